The third-order valence-electron chi connectivity index (χ3n) is 3.08. The molecule has 1 atom stereocenters. The van der Waals surface area contributed by atoms with E-state index in [2.05, 4.69) is 4.37 Å². The Morgan fingerprint density at radius 1 is 1.18 bits per heavy atom. The number of aromatic nitrogens is 1. The van der Waals surface area contributed by atoms with Crippen molar-refractivity contribution in [2.45, 2.75) is 9.79 Å². The van der Waals surface area contributed by atoms with Gasteiger partial charge in [0, 0.05) is 5.39 Å². The molecule has 8 nitrogen and oxygen atoms in total. The van der Waals surface area contributed by atoms with Gasteiger partial charge in [-0.15, -0.1) is 5.14 Å². The molecule has 0 aliphatic heterocycles. The molecule has 0 radical (unpaired) electrons. The van der Waals surface area contributed by atoms with Gasteiger partial charge in [-0.1, -0.05) is 6.07 Å². The van der Waals surface area contributed by atoms with Crippen molar-refractivity contribution in [2.75, 3.05) is 5.14 Å². The molecule has 0 saturated carbocycles. The van der Waals surface area contributed by atoms with Gasteiger partial charge in [-0.2, -0.15) is 8.42 Å². The maximum Gasteiger partial charge on any atom is 0.295 e. The summed E-state index contributed by atoms with van der Waals surface area (Å²) < 4.78 is 70.1. The number of fused-ring (bicyclic) bond motifs is 3. The van der Waals surface area contributed by atoms with E-state index in [9.17, 15) is 25.9 Å². The van der Waals surface area contributed by atoms with E-state index in [4.69, 9.17) is 5.14 Å². The SMILES string of the molecule is N[s+]1cc2c(ccc3cc(S(=O)(=O)[O-])cc(S(=O)(=O)O)c32)n1. The second kappa shape index (κ2) is 4.68. The van der Waals surface area contributed by atoms with Gasteiger partial charge >= 0.3 is 0 Å². The predicted octanol–water partition coefficient (Wildman–Crippen LogP) is 1.00. The summed E-state index contributed by atoms with van der Waals surface area (Å²) in [5, 5.41) is 7.83. The fourth-order valence-electron chi connectivity index (χ4n) is 2.22. The first-order valence-corrected chi connectivity index (χ1v) is 9.81. The van der Waals surface area contributed by atoms with Gasteiger partial charge in [0.25, 0.3) is 10.1 Å². The molecule has 3 aromatic rings. The van der Waals surface area contributed by atoms with Crippen LogP contribution in [0.15, 0.2) is 39.4 Å². The molecule has 0 aliphatic rings. The second-order valence-electron chi connectivity index (χ2n) is 4.50. The average molecular weight is 360 g/mol. The third kappa shape index (κ3) is 2.47. The highest BCUT2D eigenvalue weighted by Gasteiger charge is 2.22. The molecule has 1 unspecified atom stereocenters. The molecule has 1 heterocycles. The van der Waals surface area contributed by atoms with Gasteiger partial charge in [0.15, 0.2) is 16.2 Å². The van der Waals surface area contributed by atoms with Crippen LogP contribution < -0.4 is 5.14 Å². The first-order valence-electron chi connectivity index (χ1n) is 5.66. The molecule has 0 fully saturated rings. The minimum atomic E-state index is -4.88. The van der Waals surface area contributed by atoms with Gasteiger partial charge in [-0.05, 0) is 28.0 Å². The Balaban J connectivity index is 2.62. The highest BCUT2D eigenvalue weighted by atomic mass is 32.2. The largest absolute Gasteiger partial charge is 0.744 e. The van der Waals surface area contributed by atoms with E-state index in [1.165, 1.54) is 17.5 Å². The van der Waals surface area contributed by atoms with Crippen molar-refractivity contribution in [3.63, 3.8) is 0 Å². The van der Waals surface area contributed by atoms with E-state index < -0.39 is 40.9 Å². The summed E-state index contributed by atoms with van der Waals surface area (Å²) in [5.74, 6) is 0. The van der Waals surface area contributed by atoms with Crippen LogP contribution in [0.2, 0.25) is 0 Å². The molecule has 11 heteroatoms. The molecule has 2 aromatic carbocycles. The van der Waals surface area contributed by atoms with Crippen molar-refractivity contribution in [2.24, 2.45) is 0 Å². The number of nitrogens with zero attached hydrogens (tertiary/aromatic N) is 1. The lowest BCUT2D eigenvalue weighted by atomic mass is 10.1. The molecule has 0 spiro atoms. The van der Waals surface area contributed by atoms with Crippen LogP contribution in [0.1, 0.15) is 0 Å². The zero-order chi connectivity index (χ0) is 16.3. The minimum Gasteiger partial charge on any atom is -0.744 e. The Morgan fingerprint density at radius 2 is 1.86 bits per heavy atom. The topological polar surface area (TPSA) is 150 Å². The molecule has 116 valence electrons. The number of nitrogen functional groups attached to an aromatic ring is 1. The molecule has 22 heavy (non-hydrogen) atoms. The Hall–Kier alpha value is -1.63. The van der Waals surface area contributed by atoms with E-state index in [0.29, 0.717) is 17.0 Å². The smallest absolute Gasteiger partial charge is 0.295 e. The van der Waals surface area contributed by atoms with Crippen molar-refractivity contribution < 1.29 is 25.9 Å². The second-order valence-corrected chi connectivity index (χ2v) is 8.38. The third-order valence-corrected chi connectivity index (χ3v) is 5.66. The molecule has 0 amide bonds. The zero-order valence-corrected chi connectivity index (χ0v) is 13.1. The summed E-state index contributed by atoms with van der Waals surface area (Å²) in [4.78, 5) is -1.41. The molecule has 1 aromatic heterocycles. The quantitative estimate of drug-likeness (QED) is 0.507. The molecule has 0 saturated heterocycles. The maximum atomic E-state index is 11.6. The number of nitrogens with two attached hydrogens (primary N) is 1. The molecular formula is C11H8N2O6S3. The Bertz CT molecular complexity index is 1130. The lowest BCUT2D eigenvalue weighted by molar-refractivity contribution is 0.463. The van der Waals surface area contributed by atoms with Gasteiger partial charge < -0.3 is 4.55 Å². The normalized spacial score (nSPS) is 13.9. The van der Waals surface area contributed by atoms with Crippen LogP contribution in [0.4, 0.5) is 0 Å². The standard InChI is InChI=1S/C11H8N2O6S3/c12-20-5-8-9(13-20)2-1-6-3-7(21(14,15)16)4-10(11(6)8)22(17,18)19/h1-5,12H,(H,14,15,16)(H,17,18,19). The van der Waals surface area contributed by atoms with Crippen LogP contribution in [0.3, 0.4) is 0 Å². The van der Waals surface area contributed by atoms with E-state index >= 15 is 0 Å². The van der Waals surface area contributed by atoms with Gasteiger partial charge in [0.2, 0.25) is 0 Å². The van der Waals surface area contributed by atoms with Crippen LogP contribution in [-0.2, 0) is 20.2 Å². The highest BCUT2D eigenvalue weighted by Crippen LogP contribution is 2.34. The van der Waals surface area contributed by atoms with Crippen LogP contribution in [0, 0.1) is 0 Å². The van der Waals surface area contributed by atoms with Gasteiger partial charge in [0.05, 0.1) is 10.3 Å². The van der Waals surface area contributed by atoms with E-state index in [-0.39, 0.29) is 10.8 Å². The van der Waals surface area contributed by atoms with Crippen molar-refractivity contribution in [1.82, 2.24) is 4.37 Å². The molecule has 0 bridgehead atoms. The Labute approximate surface area is 127 Å². The van der Waals surface area contributed by atoms with E-state index in [1.54, 1.807) is 0 Å². The summed E-state index contributed by atoms with van der Waals surface area (Å²) in [5.41, 5.74) is 0.431. The molecule has 0 aliphatic carbocycles. The van der Waals surface area contributed by atoms with E-state index in [0.717, 1.165) is 6.07 Å². The average Bonchev–Trinajstić information content (AvgIpc) is 2.75. The van der Waals surface area contributed by atoms with Crippen molar-refractivity contribution in [3.8, 4) is 0 Å². The molecule has 3 N–H and O–H groups in total. The first-order chi connectivity index (χ1) is 10.1. The van der Waals surface area contributed by atoms with Crippen LogP contribution in [0.25, 0.3) is 21.7 Å². The number of hydrogen-bond donors (Lipinski definition) is 2. The summed E-state index contributed by atoms with van der Waals surface area (Å²) in [7, 11) is -10.6. The van der Waals surface area contributed by atoms with Gasteiger partial charge in [-0.25, -0.2) is 8.42 Å². The minimum absolute atomic E-state index is 0.0802. The fraction of sp³-hybridized carbons (Fsp3) is 0. The number of hydrogen-bond acceptors (Lipinski definition) is 7. The Kier molecular flexibility index (Phi) is 3.25. The fourth-order valence-corrected chi connectivity index (χ4v) is 4.51. The van der Waals surface area contributed by atoms with Gasteiger partial charge in [-0.3, -0.25) is 4.55 Å². The van der Waals surface area contributed by atoms with Crippen molar-refractivity contribution in [3.05, 3.63) is 29.6 Å². The maximum absolute atomic E-state index is 11.6. The van der Waals surface area contributed by atoms with Crippen LogP contribution in [-0.4, -0.2) is 30.3 Å². The predicted molar refractivity (Wildman–Crippen MR) is 79.7 cm³/mol. The summed E-state index contributed by atoms with van der Waals surface area (Å²) in [6.07, 6.45) is 0. The molecular weight excluding hydrogens is 352 g/mol. The summed E-state index contributed by atoms with van der Waals surface area (Å²) >= 11 is 0. The van der Waals surface area contributed by atoms with E-state index in [1.807, 2.05) is 0 Å². The first kappa shape index (κ1) is 15.3. The monoisotopic (exact) mass is 360 g/mol. The number of rotatable bonds is 2. The molecule has 3 rings (SSSR count). The Morgan fingerprint density at radius 3 is 2.45 bits per heavy atom. The van der Waals surface area contributed by atoms with Gasteiger partial charge in [0.1, 0.15) is 20.5 Å². The summed E-state index contributed by atoms with van der Waals surface area (Å²) in [6.45, 7) is 0. The lowest BCUT2D eigenvalue weighted by Crippen LogP contribution is -2.04. The van der Waals surface area contributed by atoms with Crippen molar-refractivity contribution in [1.29, 1.82) is 0 Å². The highest BCUT2D eigenvalue weighted by molar-refractivity contribution is 7.86. The lowest BCUT2D eigenvalue weighted by Gasteiger charge is -2.11. The van der Waals surface area contributed by atoms with Crippen LogP contribution >= 0.6 is 10.9 Å². The van der Waals surface area contributed by atoms with Crippen molar-refractivity contribution >= 4 is 52.8 Å². The summed E-state index contributed by atoms with van der Waals surface area (Å²) in [6, 6.07) is 4.63. The van der Waals surface area contributed by atoms with Crippen LogP contribution in [0.5, 0.6) is 0 Å². The zero-order valence-electron chi connectivity index (χ0n) is 10.6. The number of benzene rings is 2.